The fraction of sp³-hybridized carbons (Fsp3) is 0.909. The van der Waals surface area contributed by atoms with E-state index in [0.717, 1.165) is 32.1 Å². The van der Waals surface area contributed by atoms with Crippen molar-refractivity contribution in [2.75, 3.05) is 47.5 Å². The first kappa shape index (κ1) is 52.8. The maximum Gasteiger partial charge on any atom is 0.306 e. The van der Waals surface area contributed by atoms with Gasteiger partial charge in [-0.15, -0.1) is 0 Å². The summed E-state index contributed by atoms with van der Waals surface area (Å²) in [5, 5.41) is 0. The molecular weight excluding hydrogens is 701 g/mol. The fourth-order valence-corrected chi connectivity index (χ4v) is 6.98. The smallest absolute Gasteiger partial charge is 0.306 e. The van der Waals surface area contributed by atoms with Crippen LogP contribution in [0.2, 0.25) is 0 Å². The van der Waals surface area contributed by atoms with E-state index in [1.807, 2.05) is 21.1 Å². The Balaban J connectivity index is 4.16. The van der Waals surface area contributed by atoms with Crippen LogP contribution in [0.3, 0.4) is 0 Å². The minimum absolute atomic E-state index is 0.0325. The SMILES string of the molecule is CCCCCCCCCCCCCCCCCCCC/C=C/CCCC(=O)O[C@H](COC(=O)CCCCCCCCC)COP(=O)([O-])OCC[N+](C)(C)C. The summed E-state index contributed by atoms with van der Waals surface area (Å²) >= 11 is 0. The van der Waals surface area contributed by atoms with Crippen LogP contribution in [0.15, 0.2) is 12.2 Å². The molecule has 0 bridgehead atoms. The molecule has 54 heavy (non-hydrogen) atoms. The molecule has 320 valence electrons. The standard InChI is InChI=1S/C44H86NO8P/c1-6-8-10-12-14-15-16-17-18-19-20-21-22-23-24-25-26-27-28-29-31-33-35-37-44(47)53-42(41-52-54(48,49)51-39-38-45(3,4)5)40-50-43(46)36-34-32-30-13-11-9-7-2/h29,31,42H,6-28,30,32-41H2,1-5H3/b31-29+/t42-/m1/s1. The number of nitrogens with zero attached hydrogens (tertiary/aromatic N) is 1. The van der Waals surface area contributed by atoms with Gasteiger partial charge in [0.25, 0.3) is 7.82 Å². The zero-order chi connectivity index (χ0) is 40.0. The summed E-state index contributed by atoms with van der Waals surface area (Å²) in [6.45, 7) is 4.17. The van der Waals surface area contributed by atoms with Gasteiger partial charge in [0, 0.05) is 12.8 Å². The summed E-state index contributed by atoms with van der Waals surface area (Å²) in [4.78, 5) is 37.3. The normalized spacial score (nSPS) is 13.7. The average molecular weight is 788 g/mol. The summed E-state index contributed by atoms with van der Waals surface area (Å²) in [5.74, 6) is -0.871. The number of phosphoric acid groups is 1. The van der Waals surface area contributed by atoms with Crippen molar-refractivity contribution in [1.29, 1.82) is 0 Å². The predicted octanol–water partition coefficient (Wildman–Crippen LogP) is 11.9. The number of ether oxygens (including phenoxy) is 2. The van der Waals surface area contributed by atoms with Gasteiger partial charge in [-0.1, -0.05) is 174 Å². The van der Waals surface area contributed by atoms with Crippen LogP contribution >= 0.6 is 7.82 Å². The zero-order valence-electron chi connectivity index (χ0n) is 35.9. The Morgan fingerprint density at radius 1 is 0.556 bits per heavy atom. The molecule has 0 aromatic rings. The van der Waals surface area contributed by atoms with Crippen LogP contribution in [0.25, 0.3) is 0 Å². The average Bonchev–Trinajstić information content (AvgIpc) is 3.12. The van der Waals surface area contributed by atoms with Gasteiger partial charge in [0.2, 0.25) is 0 Å². The molecular formula is C44H86NO8P. The van der Waals surface area contributed by atoms with Crippen molar-refractivity contribution in [2.24, 2.45) is 0 Å². The second-order valence-corrected chi connectivity index (χ2v) is 17.8. The van der Waals surface area contributed by atoms with Gasteiger partial charge in [-0.3, -0.25) is 14.2 Å². The van der Waals surface area contributed by atoms with Gasteiger partial charge in [-0.05, 0) is 32.1 Å². The van der Waals surface area contributed by atoms with Crippen LogP contribution in [-0.2, 0) is 32.7 Å². The number of carbonyl (C=O) groups excluding carboxylic acids is 2. The molecule has 0 saturated carbocycles. The van der Waals surface area contributed by atoms with Crippen molar-refractivity contribution in [2.45, 2.75) is 213 Å². The molecule has 0 fully saturated rings. The maximum absolute atomic E-state index is 12.6. The highest BCUT2D eigenvalue weighted by Crippen LogP contribution is 2.38. The first-order valence-electron chi connectivity index (χ1n) is 22.4. The Labute approximate surface area is 333 Å². The van der Waals surface area contributed by atoms with Gasteiger partial charge in [0.05, 0.1) is 27.7 Å². The molecule has 0 heterocycles. The number of rotatable bonds is 41. The first-order valence-corrected chi connectivity index (χ1v) is 23.9. The number of carbonyl (C=O) groups is 2. The van der Waals surface area contributed by atoms with Gasteiger partial charge >= 0.3 is 11.9 Å². The number of phosphoric ester groups is 1. The van der Waals surface area contributed by atoms with Crippen molar-refractivity contribution < 1.29 is 42.1 Å². The summed E-state index contributed by atoms with van der Waals surface area (Å²) < 4.78 is 33.7. The second kappa shape index (κ2) is 37.3. The third-order valence-electron chi connectivity index (χ3n) is 9.79. The number of hydrogen-bond donors (Lipinski definition) is 0. The summed E-state index contributed by atoms with van der Waals surface area (Å²) in [7, 11) is 1.16. The highest BCUT2D eigenvalue weighted by molar-refractivity contribution is 7.45. The third-order valence-corrected chi connectivity index (χ3v) is 10.7. The minimum atomic E-state index is -4.62. The van der Waals surface area contributed by atoms with E-state index in [0.29, 0.717) is 17.4 Å². The molecule has 0 aromatic heterocycles. The molecule has 0 aliphatic heterocycles. The fourth-order valence-electron chi connectivity index (χ4n) is 6.25. The van der Waals surface area contributed by atoms with E-state index in [2.05, 4.69) is 26.0 Å². The second-order valence-electron chi connectivity index (χ2n) is 16.4. The van der Waals surface area contributed by atoms with Crippen LogP contribution in [0.4, 0.5) is 0 Å². The number of quaternary nitrogens is 1. The van der Waals surface area contributed by atoms with E-state index in [1.54, 1.807) is 0 Å². The van der Waals surface area contributed by atoms with Crippen LogP contribution in [0.5, 0.6) is 0 Å². The number of hydrogen-bond acceptors (Lipinski definition) is 8. The van der Waals surface area contributed by atoms with Gasteiger partial charge in [0.15, 0.2) is 6.10 Å². The predicted molar refractivity (Wildman–Crippen MR) is 222 cm³/mol. The Morgan fingerprint density at radius 3 is 1.43 bits per heavy atom. The highest BCUT2D eigenvalue weighted by atomic mass is 31.2. The number of unbranched alkanes of at least 4 members (excludes halogenated alkanes) is 25. The Bertz CT molecular complexity index is 938. The quantitative estimate of drug-likeness (QED) is 0.0198. The summed E-state index contributed by atoms with van der Waals surface area (Å²) in [6.07, 6.45) is 38.5. The lowest BCUT2D eigenvalue weighted by molar-refractivity contribution is -0.870. The molecule has 0 rings (SSSR count). The summed E-state index contributed by atoms with van der Waals surface area (Å²) in [6, 6.07) is 0. The molecule has 0 spiro atoms. The van der Waals surface area contributed by atoms with Crippen LogP contribution in [-0.4, -0.2) is 70.0 Å². The van der Waals surface area contributed by atoms with Gasteiger partial charge in [-0.25, -0.2) is 0 Å². The Morgan fingerprint density at radius 2 is 0.963 bits per heavy atom. The van der Waals surface area contributed by atoms with Crippen LogP contribution in [0, 0.1) is 0 Å². The Kier molecular flexibility index (Phi) is 36.5. The zero-order valence-corrected chi connectivity index (χ0v) is 36.8. The number of allylic oxidation sites excluding steroid dienone is 2. The largest absolute Gasteiger partial charge is 0.756 e. The van der Waals surface area contributed by atoms with Gasteiger partial charge in [-0.2, -0.15) is 0 Å². The highest BCUT2D eigenvalue weighted by Gasteiger charge is 2.21. The lowest BCUT2D eigenvalue weighted by Crippen LogP contribution is -2.37. The minimum Gasteiger partial charge on any atom is -0.756 e. The molecule has 1 unspecified atom stereocenters. The molecule has 2 atom stereocenters. The molecule has 10 heteroatoms. The molecule has 0 amide bonds. The molecule has 0 aromatic carbocycles. The van der Waals surface area contributed by atoms with Gasteiger partial charge in [0.1, 0.15) is 19.8 Å². The van der Waals surface area contributed by atoms with Gasteiger partial charge < -0.3 is 27.9 Å². The topological polar surface area (TPSA) is 111 Å². The molecule has 0 radical (unpaired) electrons. The number of esters is 2. The van der Waals surface area contributed by atoms with Crippen molar-refractivity contribution in [1.82, 2.24) is 0 Å². The van der Waals surface area contributed by atoms with E-state index in [9.17, 15) is 19.0 Å². The van der Waals surface area contributed by atoms with Crippen molar-refractivity contribution in [3.05, 3.63) is 12.2 Å². The molecule has 9 nitrogen and oxygen atoms in total. The van der Waals surface area contributed by atoms with E-state index < -0.39 is 32.5 Å². The van der Waals surface area contributed by atoms with Crippen LogP contribution in [0.1, 0.15) is 206 Å². The lowest BCUT2D eigenvalue weighted by atomic mass is 10.0. The van der Waals surface area contributed by atoms with Crippen molar-refractivity contribution in [3.8, 4) is 0 Å². The van der Waals surface area contributed by atoms with Crippen molar-refractivity contribution >= 4 is 19.8 Å². The monoisotopic (exact) mass is 788 g/mol. The molecule has 0 N–H and O–H groups in total. The molecule has 0 saturated heterocycles. The summed E-state index contributed by atoms with van der Waals surface area (Å²) in [5.41, 5.74) is 0. The molecule has 0 aliphatic carbocycles. The molecule has 0 aliphatic rings. The van der Waals surface area contributed by atoms with E-state index in [1.165, 1.54) is 141 Å². The van der Waals surface area contributed by atoms with E-state index in [4.69, 9.17) is 18.5 Å². The van der Waals surface area contributed by atoms with E-state index in [-0.39, 0.29) is 26.1 Å². The lowest BCUT2D eigenvalue weighted by Gasteiger charge is -2.28. The maximum atomic E-state index is 12.6. The third kappa shape index (κ3) is 40.4. The number of likely N-dealkylation sites (N-methyl/N-ethyl adjacent to an activating group) is 1. The van der Waals surface area contributed by atoms with Crippen LogP contribution < -0.4 is 4.89 Å². The van der Waals surface area contributed by atoms with E-state index >= 15 is 0 Å². The Hall–Kier alpha value is -1.25. The van der Waals surface area contributed by atoms with Crippen molar-refractivity contribution in [3.63, 3.8) is 0 Å². The first-order chi connectivity index (χ1) is 26.0.